The SMILES string of the molecule is CC(C)Oc1ccc(CCCNC(=O)[C@@H]2CCCN(S(=O)(=O)c3ccccc3)C2)cc1. The molecule has 0 aliphatic carbocycles. The second kappa shape index (κ2) is 10.8. The summed E-state index contributed by atoms with van der Waals surface area (Å²) in [7, 11) is -3.56. The highest BCUT2D eigenvalue weighted by molar-refractivity contribution is 7.89. The minimum Gasteiger partial charge on any atom is -0.491 e. The molecule has 0 bridgehead atoms. The average molecular weight is 445 g/mol. The van der Waals surface area contributed by atoms with Crippen LogP contribution in [0.5, 0.6) is 5.75 Å². The van der Waals surface area contributed by atoms with Gasteiger partial charge in [-0.3, -0.25) is 4.79 Å². The Bertz CT molecular complexity index is 943. The van der Waals surface area contributed by atoms with Gasteiger partial charge in [0, 0.05) is 19.6 Å². The molecule has 31 heavy (non-hydrogen) atoms. The first kappa shape index (κ1) is 23.3. The number of aryl methyl sites for hydroxylation is 1. The largest absolute Gasteiger partial charge is 0.491 e. The van der Waals surface area contributed by atoms with E-state index in [-0.39, 0.29) is 29.4 Å². The van der Waals surface area contributed by atoms with Gasteiger partial charge in [-0.25, -0.2) is 8.42 Å². The van der Waals surface area contributed by atoms with E-state index in [1.54, 1.807) is 30.3 Å². The molecule has 7 heteroatoms. The van der Waals surface area contributed by atoms with Crippen molar-refractivity contribution in [2.75, 3.05) is 19.6 Å². The first-order chi connectivity index (χ1) is 14.9. The fourth-order valence-electron chi connectivity index (χ4n) is 3.77. The van der Waals surface area contributed by atoms with Gasteiger partial charge in [-0.2, -0.15) is 4.31 Å². The van der Waals surface area contributed by atoms with E-state index in [0.29, 0.717) is 25.9 Å². The van der Waals surface area contributed by atoms with Gasteiger partial charge in [0.25, 0.3) is 0 Å². The van der Waals surface area contributed by atoms with Crippen LogP contribution in [0.4, 0.5) is 0 Å². The fraction of sp³-hybridized carbons (Fsp3) is 0.458. The van der Waals surface area contributed by atoms with Crippen LogP contribution in [0.3, 0.4) is 0 Å². The summed E-state index contributed by atoms with van der Waals surface area (Å²) >= 11 is 0. The number of carbonyl (C=O) groups is 1. The summed E-state index contributed by atoms with van der Waals surface area (Å²) in [5, 5.41) is 2.99. The summed E-state index contributed by atoms with van der Waals surface area (Å²) in [5.41, 5.74) is 1.20. The van der Waals surface area contributed by atoms with Gasteiger partial charge in [0.1, 0.15) is 5.75 Å². The number of nitrogens with zero attached hydrogens (tertiary/aromatic N) is 1. The second-order valence-corrected chi connectivity index (χ2v) is 10.2. The van der Waals surface area contributed by atoms with Crippen molar-refractivity contribution in [2.45, 2.75) is 50.5 Å². The minimum atomic E-state index is -3.56. The Hall–Kier alpha value is -2.38. The zero-order valence-corrected chi connectivity index (χ0v) is 19.1. The van der Waals surface area contributed by atoms with Crippen LogP contribution < -0.4 is 10.1 Å². The molecule has 0 radical (unpaired) electrons. The van der Waals surface area contributed by atoms with Gasteiger partial charge in [-0.15, -0.1) is 0 Å². The lowest BCUT2D eigenvalue weighted by Crippen LogP contribution is -2.45. The predicted octanol–water partition coefficient (Wildman–Crippen LogP) is 3.62. The quantitative estimate of drug-likeness (QED) is 0.600. The van der Waals surface area contributed by atoms with Crippen molar-refractivity contribution in [3.63, 3.8) is 0 Å². The zero-order valence-electron chi connectivity index (χ0n) is 18.3. The fourth-order valence-corrected chi connectivity index (χ4v) is 5.32. The number of ether oxygens (including phenoxy) is 1. The molecule has 1 atom stereocenters. The Morgan fingerprint density at radius 3 is 2.52 bits per heavy atom. The molecule has 0 aromatic heterocycles. The van der Waals surface area contributed by atoms with Crippen LogP contribution in [0.15, 0.2) is 59.5 Å². The summed E-state index contributed by atoms with van der Waals surface area (Å²) in [4.78, 5) is 12.9. The number of benzene rings is 2. The molecule has 1 fully saturated rings. The summed E-state index contributed by atoms with van der Waals surface area (Å²) < 4.78 is 32.8. The number of carbonyl (C=O) groups excluding carboxylic acids is 1. The highest BCUT2D eigenvalue weighted by Crippen LogP contribution is 2.24. The molecule has 0 saturated carbocycles. The maximum absolute atomic E-state index is 12.8. The van der Waals surface area contributed by atoms with Crippen molar-refractivity contribution in [2.24, 2.45) is 5.92 Å². The lowest BCUT2D eigenvalue weighted by molar-refractivity contribution is -0.126. The molecule has 1 aliphatic rings. The monoisotopic (exact) mass is 444 g/mol. The summed E-state index contributed by atoms with van der Waals surface area (Å²) in [6.07, 6.45) is 3.24. The van der Waals surface area contributed by atoms with Crippen LogP contribution in [-0.2, 0) is 21.2 Å². The molecular weight excluding hydrogens is 412 g/mol. The molecule has 1 heterocycles. The molecule has 2 aromatic rings. The van der Waals surface area contributed by atoms with Gasteiger partial charge >= 0.3 is 0 Å². The van der Waals surface area contributed by atoms with E-state index in [0.717, 1.165) is 18.6 Å². The molecule has 2 aromatic carbocycles. The lowest BCUT2D eigenvalue weighted by atomic mass is 9.99. The maximum Gasteiger partial charge on any atom is 0.243 e. The smallest absolute Gasteiger partial charge is 0.243 e. The van der Waals surface area contributed by atoms with Crippen LogP contribution in [0.2, 0.25) is 0 Å². The van der Waals surface area contributed by atoms with E-state index in [1.807, 2.05) is 38.1 Å². The number of sulfonamides is 1. The van der Waals surface area contributed by atoms with E-state index in [1.165, 1.54) is 9.87 Å². The molecule has 6 nitrogen and oxygen atoms in total. The number of rotatable bonds is 9. The topological polar surface area (TPSA) is 75.7 Å². The van der Waals surface area contributed by atoms with Crippen molar-refractivity contribution in [3.05, 3.63) is 60.2 Å². The highest BCUT2D eigenvalue weighted by Gasteiger charge is 2.33. The number of amides is 1. The number of hydrogen-bond donors (Lipinski definition) is 1. The Balaban J connectivity index is 1.45. The van der Waals surface area contributed by atoms with Crippen molar-refractivity contribution in [1.29, 1.82) is 0 Å². The minimum absolute atomic E-state index is 0.0614. The molecule has 0 spiro atoms. The van der Waals surface area contributed by atoms with Gasteiger partial charge in [0.15, 0.2) is 0 Å². The number of piperidine rings is 1. The van der Waals surface area contributed by atoms with Crippen LogP contribution in [0, 0.1) is 5.92 Å². The van der Waals surface area contributed by atoms with Crippen LogP contribution in [0.1, 0.15) is 38.7 Å². The highest BCUT2D eigenvalue weighted by atomic mass is 32.2. The van der Waals surface area contributed by atoms with Gasteiger partial charge < -0.3 is 10.1 Å². The zero-order chi connectivity index (χ0) is 22.3. The second-order valence-electron chi connectivity index (χ2n) is 8.22. The van der Waals surface area contributed by atoms with Crippen LogP contribution >= 0.6 is 0 Å². The Morgan fingerprint density at radius 2 is 1.84 bits per heavy atom. The third kappa shape index (κ3) is 6.55. The van der Waals surface area contributed by atoms with E-state index in [4.69, 9.17) is 4.74 Å². The van der Waals surface area contributed by atoms with Crippen molar-refractivity contribution in [3.8, 4) is 5.75 Å². The molecule has 1 N–H and O–H groups in total. The van der Waals surface area contributed by atoms with Crippen molar-refractivity contribution >= 4 is 15.9 Å². The van der Waals surface area contributed by atoms with E-state index < -0.39 is 10.0 Å². The predicted molar refractivity (Wildman–Crippen MR) is 121 cm³/mol. The summed E-state index contributed by atoms with van der Waals surface area (Å²) in [5.74, 6) is 0.493. The molecule has 0 unspecified atom stereocenters. The molecule has 1 saturated heterocycles. The van der Waals surface area contributed by atoms with E-state index in [9.17, 15) is 13.2 Å². The van der Waals surface area contributed by atoms with Gasteiger partial charge in [0.05, 0.1) is 16.9 Å². The summed E-state index contributed by atoms with van der Waals surface area (Å²) in [6, 6.07) is 16.5. The van der Waals surface area contributed by atoms with Gasteiger partial charge in [0.2, 0.25) is 15.9 Å². The van der Waals surface area contributed by atoms with Crippen LogP contribution in [-0.4, -0.2) is 44.4 Å². The van der Waals surface area contributed by atoms with Crippen molar-refractivity contribution < 1.29 is 17.9 Å². The third-order valence-electron chi connectivity index (χ3n) is 5.37. The molecule has 1 aliphatic heterocycles. The van der Waals surface area contributed by atoms with E-state index >= 15 is 0 Å². The Kier molecular flexibility index (Phi) is 8.09. The van der Waals surface area contributed by atoms with Crippen molar-refractivity contribution in [1.82, 2.24) is 9.62 Å². The molecule has 168 valence electrons. The Labute approximate surface area is 185 Å². The number of hydrogen-bond acceptors (Lipinski definition) is 4. The number of nitrogens with one attached hydrogen (secondary N) is 1. The first-order valence-corrected chi connectivity index (χ1v) is 12.4. The maximum atomic E-state index is 12.8. The lowest BCUT2D eigenvalue weighted by Gasteiger charge is -2.31. The third-order valence-corrected chi connectivity index (χ3v) is 7.25. The normalized spacial score (nSPS) is 17.5. The summed E-state index contributed by atoms with van der Waals surface area (Å²) in [6.45, 7) is 5.27. The molecule has 1 amide bonds. The van der Waals surface area contributed by atoms with Gasteiger partial charge in [-0.05, 0) is 69.4 Å². The standard InChI is InChI=1S/C24H32N2O4S/c1-19(2)30-22-14-12-20(13-15-22)8-6-16-25-24(27)21-9-7-17-26(18-21)31(28,29)23-10-4-3-5-11-23/h3-5,10-15,19,21H,6-9,16-18H2,1-2H3,(H,25,27)/t21-/m1/s1. The van der Waals surface area contributed by atoms with Crippen LogP contribution in [0.25, 0.3) is 0 Å². The first-order valence-electron chi connectivity index (χ1n) is 10.9. The van der Waals surface area contributed by atoms with Gasteiger partial charge in [-0.1, -0.05) is 30.3 Å². The molecular formula is C24H32N2O4S. The molecule has 3 rings (SSSR count). The van der Waals surface area contributed by atoms with E-state index in [2.05, 4.69) is 5.32 Å². The average Bonchev–Trinajstić information content (AvgIpc) is 2.78. The Morgan fingerprint density at radius 1 is 1.13 bits per heavy atom.